The van der Waals surface area contributed by atoms with Crippen molar-refractivity contribution in [3.8, 4) is 0 Å². The Morgan fingerprint density at radius 2 is 2.06 bits per heavy atom. The van der Waals surface area contributed by atoms with Gasteiger partial charge in [0, 0.05) is 13.1 Å². The van der Waals surface area contributed by atoms with Crippen LogP contribution in [0, 0.1) is 0 Å². The number of hydrogen-bond acceptors (Lipinski definition) is 3. The average molecular weight is 247 g/mol. The van der Waals surface area contributed by atoms with E-state index in [0.29, 0.717) is 13.1 Å². The summed E-state index contributed by atoms with van der Waals surface area (Å²) in [5, 5.41) is 12.9. The smallest absolute Gasteiger partial charge is 0.123 e. The standard InChI is InChI=1S/C14H21N3O/c1-4-17-12-8-6-5-7-11(12)16-13(17)9-15-10-14(2,3)18/h5-8,15,18H,4,9-10H2,1-3H3. The van der Waals surface area contributed by atoms with Crippen LogP contribution in [-0.4, -0.2) is 26.8 Å². The van der Waals surface area contributed by atoms with Gasteiger partial charge in [0.1, 0.15) is 5.82 Å². The molecule has 2 N–H and O–H groups in total. The van der Waals surface area contributed by atoms with Crippen LogP contribution >= 0.6 is 0 Å². The van der Waals surface area contributed by atoms with Crippen LogP contribution in [0.1, 0.15) is 26.6 Å². The Morgan fingerprint density at radius 3 is 2.72 bits per heavy atom. The zero-order valence-electron chi connectivity index (χ0n) is 11.3. The molecule has 98 valence electrons. The van der Waals surface area contributed by atoms with E-state index in [1.165, 1.54) is 5.52 Å². The monoisotopic (exact) mass is 247 g/mol. The SMILES string of the molecule is CCn1c(CNCC(C)(C)O)nc2ccccc21. The van der Waals surface area contributed by atoms with Gasteiger partial charge in [-0.15, -0.1) is 0 Å². The molecule has 1 heterocycles. The summed E-state index contributed by atoms with van der Waals surface area (Å²) in [6.07, 6.45) is 0. The Kier molecular flexibility index (Phi) is 3.68. The Balaban J connectivity index is 2.17. The predicted octanol–water partition coefficient (Wildman–Crippen LogP) is 1.92. The number of aryl methyl sites for hydroxylation is 1. The van der Waals surface area contributed by atoms with Crippen molar-refractivity contribution < 1.29 is 5.11 Å². The molecule has 4 heteroatoms. The van der Waals surface area contributed by atoms with Crippen molar-refractivity contribution in [2.24, 2.45) is 0 Å². The lowest BCUT2D eigenvalue weighted by atomic mass is 10.1. The number of imidazole rings is 1. The lowest BCUT2D eigenvalue weighted by Crippen LogP contribution is -2.34. The van der Waals surface area contributed by atoms with E-state index in [0.717, 1.165) is 17.9 Å². The number of nitrogens with zero attached hydrogens (tertiary/aromatic N) is 2. The molecule has 0 bridgehead atoms. The predicted molar refractivity (Wildman–Crippen MR) is 73.4 cm³/mol. The molecule has 0 spiro atoms. The van der Waals surface area contributed by atoms with Gasteiger partial charge >= 0.3 is 0 Å². The first-order valence-electron chi connectivity index (χ1n) is 6.38. The molecule has 0 unspecified atom stereocenters. The molecule has 0 atom stereocenters. The van der Waals surface area contributed by atoms with Gasteiger partial charge in [-0.2, -0.15) is 0 Å². The second-order valence-electron chi connectivity index (χ2n) is 5.18. The van der Waals surface area contributed by atoms with Gasteiger partial charge in [0.05, 0.1) is 23.2 Å². The van der Waals surface area contributed by atoms with Gasteiger partial charge < -0.3 is 15.0 Å². The number of benzene rings is 1. The summed E-state index contributed by atoms with van der Waals surface area (Å²) in [7, 11) is 0. The van der Waals surface area contributed by atoms with E-state index >= 15 is 0 Å². The molecule has 0 saturated carbocycles. The summed E-state index contributed by atoms with van der Waals surface area (Å²) < 4.78 is 2.20. The van der Waals surface area contributed by atoms with Gasteiger partial charge in [0.2, 0.25) is 0 Å². The Morgan fingerprint density at radius 1 is 1.33 bits per heavy atom. The van der Waals surface area contributed by atoms with E-state index in [9.17, 15) is 5.11 Å². The molecule has 4 nitrogen and oxygen atoms in total. The first kappa shape index (κ1) is 13.1. The molecule has 18 heavy (non-hydrogen) atoms. The highest BCUT2D eigenvalue weighted by Gasteiger charge is 2.13. The van der Waals surface area contributed by atoms with Gasteiger partial charge in [-0.1, -0.05) is 12.1 Å². The molecular weight excluding hydrogens is 226 g/mol. The van der Waals surface area contributed by atoms with Crippen molar-refractivity contribution in [3.05, 3.63) is 30.1 Å². The van der Waals surface area contributed by atoms with Gasteiger partial charge in [0.25, 0.3) is 0 Å². The molecule has 0 aliphatic heterocycles. The molecule has 1 aromatic carbocycles. The third-order valence-electron chi connectivity index (χ3n) is 2.89. The molecule has 0 saturated heterocycles. The van der Waals surface area contributed by atoms with Gasteiger partial charge in [0.15, 0.2) is 0 Å². The fraction of sp³-hybridized carbons (Fsp3) is 0.500. The van der Waals surface area contributed by atoms with Gasteiger partial charge in [-0.05, 0) is 32.9 Å². The van der Waals surface area contributed by atoms with Crippen molar-refractivity contribution >= 4 is 11.0 Å². The van der Waals surface area contributed by atoms with Gasteiger partial charge in [-0.25, -0.2) is 4.98 Å². The third-order valence-corrected chi connectivity index (χ3v) is 2.89. The number of hydrogen-bond donors (Lipinski definition) is 2. The minimum atomic E-state index is -0.691. The highest BCUT2D eigenvalue weighted by atomic mass is 16.3. The van der Waals surface area contributed by atoms with Crippen LogP contribution in [0.15, 0.2) is 24.3 Å². The largest absolute Gasteiger partial charge is 0.389 e. The van der Waals surface area contributed by atoms with Crippen molar-refractivity contribution in [2.45, 2.75) is 39.5 Å². The lowest BCUT2D eigenvalue weighted by molar-refractivity contribution is 0.0792. The van der Waals surface area contributed by atoms with E-state index in [4.69, 9.17) is 0 Å². The zero-order chi connectivity index (χ0) is 13.2. The van der Waals surface area contributed by atoms with E-state index in [-0.39, 0.29) is 0 Å². The quantitative estimate of drug-likeness (QED) is 0.848. The fourth-order valence-corrected chi connectivity index (χ4v) is 2.09. The first-order valence-corrected chi connectivity index (χ1v) is 6.38. The summed E-state index contributed by atoms with van der Waals surface area (Å²) in [5.41, 5.74) is 1.50. The minimum Gasteiger partial charge on any atom is -0.389 e. The highest BCUT2D eigenvalue weighted by molar-refractivity contribution is 5.75. The van der Waals surface area contributed by atoms with Crippen LogP contribution < -0.4 is 5.32 Å². The molecule has 1 aromatic heterocycles. The third kappa shape index (κ3) is 2.89. The van der Waals surface area contributed by atoms with E-state index in [1.54, 1.807) is 13.8 Å². The minimum absolute atomic E-state index is 0.555. The molecule has 0 fully saturated rings. The number of fused-ring (bicyclic) bond motifs is 1. The van der Waals surface area contributed by atoms with E-state index < -0.39 is 5.60 Å². The van der Waals surface area contributed by atoms with Crippen LogP contribution in [0.4, 0.5) is 0 Å². The maximum absolute atomic E-state index is 9.67. The molecule has 0 amide bonds. The Hall–Kier alpha value is -1.39. The van der Waals surface area contributed by atoms with Crippen LogP contribution in [0.25, 0.3) is 11.0 Å². The van der Waals surface area contributed by atoms with Crippen LogP contribution in [0.5, 0.6) is 0 Å². The Bertz CT molecular complexity index is 525. The molecule has 2 aromatic rings. The van der Waals surface area contributed by atoms with Crippen LogP contribution in [-0.2, 0) is 13.1 Å². The highest BCUT2D eigenvalue weighted by Crippen LogP contribution is 2.15. The van der Waals surface area contributed by atoms with Crippen molar-refractivity contribution in [2.75, 3.05) is 6.54 Å². The number of para-hydroxylation sites is 2. The first-order chi connectivity index (χ1) is 8.51. The summed E-state index contributed by atoms with van der Waals surface area (Å²) in [6, 6.07) is 8.15. The molecule has 2 rings (SSSR count). The molecule has 0 aliphatic carbocycles. The fourth-order valence-electron chi connectivity index (χ4n) is 2.09. The summed E-state index contributed by atoms with van der Waals surface area (Å²) in [5.74, 6) is 1.02. The number of aliphatic hydroxyl groups is 1. The average Bonchev–Trinajstić information content (AvgIpc) is 2.64. The molecular formula is C14H21N3O. The second-order valence-corrected chi connectivity index (χ2v) is 5.18. The number of rotatable bonds is 5. The second kappa shape index (κ2) is 5.08. The maximum Gasteiger partial charge on any atom is 0.123 e. The zero-order valence-corrected chi connectivity index (χ0v) is 11.3. The topological polar surface area (TPSA) is 50.1 Å². The van der Waals surface area contributed by atoms with E-state index in [1.807, 2.05) is 18.2 Å². The number of nitrogens with one attached hydrogen (secondary N) is 1. The summed E-state index contributed by atoms with van der Waals surface area (Å²) >= 11 is 0. The van der Waals surface area contributed by atoms with Crippen LogP contribution in [0.3, 0.4) is 0 Å². The van der Waals surface area contributed by atoms with Crippen molar-refractivity contribution in [1.29, 1.82) is 0 Å². The van der Waals surface area contributed by atoms with E-state index in [2.05, 4.69) is 27.9 Å². The molecule has 0 aliphatic rings. The normalized spacial score (nSPS) is 12.2. The summed E-state index contributed by atoms with van der Waals surface area (Å²) in [4.78, 5) is 4.62. The number of aromatic nitrogens is 2. The molecule has 0 radical (unpaired) electrons. The Labute approximate surface area is 108 Å². The van der Waals surface area contributed by atoms with Crippen molar-refractivity contribution in [3.63, 3.8) is 0 Å². The van der Waals surface area contributed by atoms with Crippen molar-refractivity contribution in [1.82, 2.24) is 14.9 Å². The lowest BCUT2D eigenvalue weighted by Gasteiger charge is -2.17. The summed E-state index contributed by atoms with van der Waals surface area (Å²) in [6.45, 7) is 7.84. The van der Waals surface area contributed by atoms with Gasteiger partial charge in [-0.3, -0.25) is 0 Å². The maximum atomic E-state index is 9.67. The van der Waals surface area contributed by atoms with Crippen LogP contribution in [0.2, 0.25) is 0 Å².